The summed E-state index contributed by atoms with van der Waals surface area (Å²) < 4.78 is 67.6. The summed E-state index contributed by atoms with van der Waals surface area (Å²) in [6, 6.07) is 4.05. The number of sulfonamides is 1. The van der Waals surface area contributed by atoms with Gasteiger partial charge in [-0.3, -0.25) is 0 Å². The van der Waals surface area contributed by atoms with Gasteiger partial charge in [-0.05, 0) is 54.9 Å². The summed E-state index contributed by atoms with van der Waals surface area (Å²) in [6.45, 7) is 6.44. The van der Waals surface area contributed by atoms with Crippen LogP contribution in [0.15, 0.2) is 29.2 Å². The molecule has 1 aromatic rings. The minimum Gasteiger partial charge on any atom is -0.406 e. The molecule has 0 radical (unpaired) electrons. The Morgan fingerprint density at radius 1 is 1.21 bits per heavy atom. The number of rotatable bonds is 4. The Morgan fingerprint density at radius 3 is 2.29 bits per heavy atom. The largest absolute Gasteiger partial charge is 0.573 e. The molecule has 0 spiro atoms. The molecule has 24 heavy (non-hydrogen) atoms. The van der Waals surface area contributed by atoms with Gasteiger partial charge in [0.2, 0.25) is 10.0 Å². The van der Waals surface area contributed by atoms with Crippen molar-refractivity contribution >= 4 is 10.0 Å². The van der Waals surface area contributed by atoms with E-state index in [9.17, 15) is 21.6 Å². The second-order valence-corrected chi connectivity index (χ2v) is 8.72. The Balaban J connectivity index is 2.05. The molecule has 0 aromatic heterocycles. The summed E-state index contributed by atoms with van der Waals surface area (Å²) in [5.41, 5.74) is 0.179. The van der Waals surface area contributed by atoms with Crippen LogP contribution in [-0.2, 0) is 10.0 Å². The fraction of sp³-hybridized carbons (Fsp3) is 0.625. The van der Waals surface area contributed by atoms with E-state index >= 15 is 0 Å². The predicted molar refractivity (Wildman–Crippen MR) is 84.0 cm³/mol. The van der Waals surface area contributed by atoms with Gasteiger partial charge < -0.3 is 4.74 Å². The van der Waals surface area contributed by atoms with E-state index in [0.717, 1.165) is 43.5 Å². The molecule has 1 aromatic carbocycles. The first kappa shape index (κ1) is 19.1. The fourth-order valence-corrected chi connectivity index (χ4v) is 4.15. The first-order valence-corrected chi connectivity index (χ1v) is 9.25. The van der Waals surface area contributed by atoms with Crippen LogP contribution in [0.4, 0.5) is 13.2 Å². The van der Waals surface area contributed by atoms with Crippen LogP contribution in [0.2, 0.25) is 0 Å². The van der Waals surface area contributed by atoms with Crippen molar-refractivity contribution in [3.05, 3.63) is 24.3 Å². The monoisotopic (exact) mass is 365 g/mol. The fourth-order valence-electron chi connectivity index (χ4n) is 2.87. The third-order valence-corrected chi connectivity index (χ3v) is 6.34. The molecule has 2 atom stereocenters. The van der Waals surface area contributed by atoms with Crippen LogP contribution in [-0.4, -0.2) is 20.8 Å². The summed E-state index contributed by atoms with van der Waals surface area (Å²) in [5, 5.41) is 0. The maximum absolute atomic E-state index is 12.4. The van der Waals surface area contributed by atoms with Crippen LogP contribution < -0.4 is 9.46 Å². The lowest BCUT2D eigenvalue weighted by atomic mass is 9.68. The third kappa shape index (κ3) is 4.86. The molecule has 4 nitrogen and oxygen atoms in total. The van der Waals surface area contributed by atoms with Crippen molar-refractivity contribution in [1.82, 2.24) is 4.72 Å². The minimum atomic E-state index is -4.80. The van der Waals surface area contributed by atoms with Gasteiger partial charge in [0.15, 0.2) is 0 Å². The zero-order valence-corrected chi connectivity index (χ0v) is 14.7. The molecule has 8 heteroatoms. The normalized spacial score (nSPS) is 24.6. The molecule has 0 amide bonds. The lowest BCUT2D eigenvalue weighted by molar-refractivity contribution is -0.274. The number of hydrogen-bond acceptors (Lipinski definition) is 3. The molecule has 0 aliphatic heterocycles. The van der Waals surface area contributed by atoms with E-state index < -0.39 is 22.1 Å². The van der Waals surface area contributed by atoms with Crippen molar-refractivity contribution in [2.24, 2.45) is 11.3 Å². The van der Waals surface area contributed by atoms with Crippen molar-refractivity contribution in [3.8, 4) is 5.75 Å². The molecule has 1 N–H and O–H groups in total. The van der Waals surface area contributed by atoms with Crippen molar-refractivity contribution in [3.63, 3.8) is 0 Å². The molecular weight excluding hydrogens is 343 g/mol. The van der Waals surface area contributed by atoms with Gasteiger partial charge in [-0.2, -0.15) is 0 Å². The predicted octanol–water partition coefficient (Wildman–Crippen LogP) is 4.08. The van der Waals surface area contributed by atoms with Crippen LogP contribution in [0.25, 0.3) is 0 Å². The molecule has 2 rings (SSSR count). The Bertz CT molecular complexity index is 669. The van der Waals surface area contributed by atoms with Gasteiger partial charge in [0, 0.05) is 6.04 Å². The zero-order valence-electron chi connectivity index (χ0n) is 13.9. The molecular formula is C16H22F3NO3S. The maximum atomic E-state index is 12.4. The molecule has 0 unspecified atom stereocenters. The Kier molecular flexibility index (Phi) is 5.20. The number of ether oxygens (including phenoxy) is 1. The van der Waals surface area contributed by atoms with Crippen LogP contribution in [0.5, 0.6) is 5.75 Å². The smallest absolute Gasteiger partial charge is 0.406 e. The van der Waals surface area contributed by atoms with Gasteiger partial charge in [0.25, 0.3) is 0 Å². The standard InChI is InChI=1S/C16H22F3NO3S/c1-11-10-12(8-9-15(11,2)3)20-24(21,22)14-6-4-13(5-7-14)23-16(17,18)19/h4-7,11-12,20H,8-10H2,1-3H3/t11-,12+/m0/s1. The average molecular weight is 365 g/mol. The molecule has 1 aliphatic carbocycles. The summed E-state index contributed by atoms with van der Waals surface area (Å²) >= 11 is 0. The maximum Gasteiger partial charge on any atom is 0.573 e. The van der Waals surface area contributed by atoms with E-state index in [2.05, 4.69) is 30.2 Å². The highest BCUT2D eigenvalue weighted by atomic mass is 32.2. The summed E-state index contributed by atoms with van der Waals surface area (Å²) in [6.07, 6.45) is -2.41. The van der Waals surface area contributed by atoms with E-state index in [1.54, 1.807) is 0 Å². The first-order valence-electron chi connectivity index (χ1n) is 7.77. The second-order valence-electron chi connectivity index (χ2n) is 7.00. The highest BCUT2D eigenvalue weighted by molar-refractivity contribution is 7.89. The highest BCUT2D eigenvalue weighted by Crippen LogP contribution is 2.40. The number of benzene rings is 1. The number of nitrogens with one attached hydrogen (secondary N) is 1. The van der Waals surface area contributed by atoms with E-state index in [1.165, 1.54) is 0 Å². The zero-order chi connectivity index (χ0) is 18.2. The van der Waals surface area contributed by atoms with Gasteiger partial charge in [0.1, 0.15) is 5.75 Å². The summed E-state index contributed by atoms with van der Waals surface area (Å²) in [4.78, 5) is -0.0745. The summed E-state index contributed by atoms with van der Waals surface area (Å²) in [5.74, 6) is -0.0731. The number of hydrogen-bond donors (Lipinski definition) is 1. The molecule has 1 fully saturated rings. The molecule has 1 aliphatic rings. The Hall–Kier alpha value is -1.28. The van der Waals surface area contributed by atoms with Crippen molar-refractivity contribution < 1.29 is 26.3 Å². The van der Waals surface area contributed by atoms with Crippen LogP contribution in [0.1, 0.15) is 40.0 Å². The minimum absolute atomic E-state index is 0.0745. The highest BCUT2D eigenvalue weighted by Gasteiger charge is 2.35. The summed E-state index contributed by atoms with van der Waals surface area (Å²) in [7, 11) is -3.77. The van der Waals surface area contributed by atoms with Gasteiger partial charge >= 0.3 is 6.36 Å². The first-order chi connectivity index (χ1) is 10.9. The molecule has 1 saturated carbocycles. The topological polar surface area (TPSA) is 55.4 Å². The van der Waals surface area contributed by atoms with Gasteiger partial charge in [0.05, 0.1) is 4.90 Å². The van der Waals surface area contributed by atoms with Gasteiger partial charge in [-0.15, -0.1) is 13.2 Å². The van der Waals surface area contributed by atoms with E-state index in [-0.39, 0.29) is 16.4 Å². The van der Waals surface area contributed by atoms with Crippen molar-refractivity contribution in [2.45, 2.75) is 57.3 Å². The SMILES string of the molecule is C[C@H]1C[C@H](NS(=O)(=O)c2ccc(OC(F)(F)F)cc2)CCC1(C)C. The van der Waals surface area contributed by atoms with E-state index in [0.29, 0.717) is 5.92 Å². The molecule has 0 heterocycles. The van der Waals surface area contributed by atoms with Crippen molar-refractivity contribution in [1.29, 1.82) is 0 Å². The van der Waals surface area contributed by atoms with Crippen LogP contribution in [0.3, 0.4) is 0 Å². The second kappa shape index (κ2) is 6.55. The van der Waals surface area contributed by atoms with Gasteiger partial charge in [-0.1, -0.05) is 20.8 Å². The van der Waals surface area contributed by atoms with E-state index in [4.69, 9.17) is 0 Å². The van der Waals surface area contributed by atoms with Gasteiger partial charge in [-0.25, -0.2) is 13.1 Å². The molecule has 136 valence electrons. The average Bonchev–Trinajstić information content (AvgIpc) is 2.42. The number of alkyl halides is 3. The number of halogens is 3. The quantitative estimate of drug-likeness (QED) is 0.875. The van der Waals surface area contributed by atoms with Crippen molar-refractivity contribution in [2.75, 3.05) is 0 Å². The lowest BCUT2D eigenvalue weighted by Crippen LogP contribution is -2.42. The third-order valence-electron chi connectivity index (χ3n) is 4.80. The Labute approximate surface area is 140 Å². The molecule has 0 saturated heterocycles. The Morgan fingerprint density at radius 2 is 1.79 bits per heavy atom. The molecule has 0 bridgehead atoms. The van der Waals surface area contributed by atoms with E-state index in [1.807, 2.05) is 0 Å². The lowest BCUT2D eigenvalue weighted by Gasteiger charge is -2.40. The van der Waals surface area contributed by atoms with Crippen LogP contribution in [0, 0.1) is 11.3 Å². The van der Waals surface area contributed by atoms with Crippen LogP contribution >= 0.6 is 0 Å².